The summed E-state index contributed by atoms with van der Waals surface area (Å²) in [6.45, 7) is 6.54. The molecule has 19 heavy (non-hydrogen) atoms. The van der Waals surface area contributed by atoms with Gasteiger partial charge in [-0.25, -0.2) is 4.68 Å². The predicted octanol–water partition coefficient (Wildman–Crippen LogP) is 2.62. The molecule has 0 saturated carbocycles. The van der Waals surface area contributed by atoms with Gasteiger partial charge in [-0.1, -0.05) is 26.8 Å². The monoisotopic (exact) mass is 255 g/mol. The second kappa shape index (κ2) is 4.19. The van der Waals surface area contributed by atoms with Crippen molar-refractivity contribution in [2.24, 2.45) is 5.41 Å². The lowest BCUT2D eigenvalue weighted by Crippen LogP contribution is -2.27. The number of anilines is 1. The highest BCUT2D eigenvalue weighted by molar-refractivity contribution is 5.44. The van der Waals surface area contributed by atoms with Crippen LogP contribution < -0.4 is 5.32 Å². The number of pyridine rings is 1. The number of aromatic nitrogens is 4. The van der Waals surface area contributed by atoms with Crippen molar-refractivity contribution in [3.63, 3.8) is 0 Å². The van der Waals surface area contributed by atoms with Crippen LogP contribution in [0, 0.1) is 5.41 Å². The SMILES string of the molecule is CC(C)(C)C1=CC(c2cccnc2)n2ncnc2N1. The van der Waals surface area contributed by atoms with Gasteiger partial charge in [0.15, 0.2) is 0 Å². The minimum Gasteiger partial charge on any atom is -0.328 e. The number of hydrogen-bond acceptors (Lipinski definition) is 4. The molecule has 1 atom stereocenters. The minimum absolute atomic E-state index is 0.0393. The molecule has 3 heterocycles. The van der Waals surface area contributed by atoms with Crippen LogP contribution >= 0.6 is 0 Å². The Morgan fingerprint density at radius 3 is 2.84 bits per heavy atom. The van der Waals surface area contributed by atoms with Crippen LogP contribution in [0.5, 0.6) is 0 Å². The summed E-state index contributed by atoms with van der Waals surface area (Å²) in [5, 5.41) is 7.65. The van der Waals surface area contributed by atoms with Crippen LogP contribution in [0.1, 0.15) is 32.4 Å². The number of nitrogens with one attached hydrogen (secondary N) is 1. The summed E-state index contributed by atoms with van der Waals surface area (Å²) in [6.07, 6.45) is 7.42. The van der Waals surface area contributed by atoms with Crippen LogP contribution in [-0.4, -0.2) is 19.7 Å². The van der Waals surface area contributed by atoms with Crippen LogP contribution in [0.2, 0.25) is 0 Å². The van der Waals surface area contributed by atoms with Gasteiger partial charge in [-0.2, -0.15) is 10.1 Å². The summed E-state index contributed by atoms with van der Waals surface area (Å²) in [5.74, 6) is 0.779. The molecule has 0 radical (unpaired) electrons. The average molecular weight is 255 g/mol. The molecule has 1 unspecified atom stereocenters. The van der Waals surface area contributed by atoms with Crippen molar-refractivity contribution >= 4 is 5.95 Å². The van der Waals surface area contributed by atoms with Crippen molar-refractivity contribution < 1.29 is 0 Å². The van der Waals surface area contributed by atoms with Gasteiger partial charge >= 0.3 is 0 Å². The quantitative estimate of drug-likeness (QED) is 0.851. The third kappa shape index (κ3) is 2.12. The van der Waals surface area contributed by atoms with Gasteiger partial charge in [0.1, 0.15) is 12.4 Å². The van der Waals surface area contributed by atoms with Crippen molar-refractivity contribution in [1.82, 2.24) is 19.7 Å². The molecule has 0 bridgehead atoms. The van der Waals surface area contributed by atoms with E-state index in [9.17, 15) is 0 Å². The number of fused-ring (bicyclic) bond motifs is 1. The van der Waals surface area contributed by atoms with E-state index >= 15 is 0 Å². The van der Waals surface area contributed by atoms with E-state index in [0.29, 0.717) is 0 Å². The molecule has 98 valence electrons. The number of rotatable bonds is 1. The lowest BCUT2D eigenvalue weighted by Gasteiger charge is -2.30. The van der Waals surface area contributed by atoms with Crippen LogP contribution in [0.15, 0.2) is 42.6 Å². The Kier molecular flexibility index (Phi) is 2.62. The lowest BCUT2D eigenvalue weighted by molar-refractivity contribution is 0.482. The predicted molar refractivity (Wildman–Crippen MR) is 73.6 cm³/mol. The first kappa shape index (κ1) is 11.9. The molecule has 2 aromatic rings. The van der Waals surface area contributed by atoms with E-state index in [1.807, 2.05) is 16.9 Å². The zero-order valence-electron chi connectivity index (χ0n) is 11.3. The molecular weight excluding hydrogens is 238 g/mol. The topological polar surface area (TPSA) is 55.6 Å². The van der Waals surface area contributed by atoms with Crippen molar-refractivity contribution in [3.05, 3.63) is 48.2 Å². The van der Waals surface area contributed by atoms with Gasteiger partial charge in [0.25, 0.3) is 0 Å². The average Bonchev–Trinajstić information content (AvgIpc) is 2.85. The molecule has 3 rings (SSSR count). The lowest BCUT2D eigenvalue weighted by atomic mass is 9.89. The Hall–Kier alpha value is -2.17. The fourth-order valence-corrected chi connectivity index (χ4v) is 2.16. The van der Waals surface area contributed by atoms with Crippen LogP contribution in [0.25, 0.3) is 0 Å². The Morgan fingerprint density at radius 2 is 2.16 bits per heavy atom. The van der Waals surface area contributed by atoms with Gasteiger partial charge in [0, 0.05) is 23.5 Å². The first-order valence-electron chi connectivity index (χ1n) is 6.34. The first-order chi connectivity index (χ1) is 9.05. The molecular formula is C14H17N5. The molecule has 0 aliphatic carbocycles. The molecule has 1 N–H and O–H groups in total. The third-order valence-electron chi connectivity index (χ3n) is 3.24. The number of allylic oxidation sites excluding steroid dienone is 2. The Balaban J connectivity index is 2.10. The normalized spacial score (nSPS) is 18.5. The summed E-state index contributed by atoms with van der Waals surface area (Å²) in [6, 6.07) is 4.05. The first-order valence-corrected chi connectivity index (χ1v) is 6.34. The van der Waals surface area contributed by atoms with Crippen molar-refractivity contribution in [1.29, 1.82) is 0 Å². The summed E-state index contributed by atoms with van der Waals surface area (Å²) in [4.78, 5) is 8.47. The van der Waals surface area contributed by atoms with Crippen molar-refractivity contribution in [3.8, 4) is 0 Å². The number of nitrogens with zero attached hydrogens (tertiary/aromatic N) is 4. The highest BCUT2D eigenvalue weighted by Crippen LogP contribution is 2.34. The fourth-order valence-electron chi connectivity index (χ4n) is 2.16. The van der Waals surface area contributed by atoms with E-state index in [1.54, 1.807) is 12.5 Å². The smallest absolute Gasteiger partial charge is 0.226 e. The molecule has 0 spiro atoms. The molecule has 0 aromatic carbocycles. The maximum Gasteiger partial charge on any atom is 0.226 e. The van der Waals surface area contributed by atoms with E-state index in [1.165, 1.54) is 0 Å². The summed E-state index contributed by atoms with van der Waals surface area (Å²) in [5.41, 5.74) is 2.30. The van der Waals surface area contributed by atoms with Crippen molar-refractivity contribution in [2.75, 3.05) is 5.32 Å². The zero-order chi connectivity index (χ0) is 13.5. The highest BCUT2D eigenvalue weighted by atomic mass is 15.4. The molecule has 0 fully saturated rings. The van der Waals surface area contributed by atoms with Crippen LogP contribution in [0.4, 0.5) is 5.95 Å². The largest absolute Gasteiger partial charge is 0.328 e. The molecule has 1 aliphatic heterocycles. The Labute approximate surface area is 112 Å². The van der Waals surface area contributed by atoms with E-state index < -0.39 is 0 Å². The van der Waals surface area contributed by atoms with E-state index in [0.717, 1.165) is 17.2 Å². The molecule has 2 aromatic heterocycles. The molecule has 5 nitrogen and oxygen atoms in total. The van der Waals surface area contributed by atoms with Crippen LogP contribution in [0.3, 0.4) is 0 Å². The minimum atomic E-state index is 0.0393. The highest BCUT2D eigenvalue weighted by Gasteiger charge is 2.28. The van der Waals surface area contributed by atoms with Gasteiger partial charge in [-0.3, -0.25) is 4.98 Å². The third-order valence-corrected chi connectivity index (χ3v) is 3.24. The zero-order valence-corrected chi connectivity index (χ0v) is 11.3. The molecule has 5 heteroatoms. The fraction of sp³-hybridized carbons (Fsp3) is 0.357. The second-order valence-corrected chi connectivity index (χ2v) is 5.71. The molecule has 0 saturated heterocycles. The standard InChI is InChI=1S/C14H17N5/c1-14(2,3)12-7-11(10-5-4-6-15-8-10)19-13(18-12)16-9-17-19/h4-9,11H,1-3H3,(H,16,17,18). The summed E-state index contributed by atoms with van der Waals surface area (Å²) >= 11 is 0. The summed E-state index contributed by atoms with van der Waals surface area (Å²) in [7, 11) is 0. The maximum atomic E-state index is 4.30. The van der Waals surface area contributed by atoms with Gasteiger partial charge in [-0.05, 0) is 17.7 Å². The number of hydrogen-bond donors (Lipinski definition) is 1. The van der Waals surface area contributed by atoms with Crippen molar-refractivity contribution in [2.45, 2.75) is 26.8 Å². The molecule has 1 aliphatic rings. The van der Waals surface area contributed by atoms with Gasteiger partial charge in [0.05, 0.1) is 0 Å². The van der Waals surface area contributed by atoms with E-state index in [-0.39, 0.29) is 11.5 Å². The Bertz CT molecular complexity index is 606. The van der Waals surface area contributed by atoms with Gasteiger partial charge in [-0.15, -0.1) is 0 Å². The van der Waals surface area contributed by atoms with Gasteiger partial charge in [0.2, 0.25) is 5.95 Å². The van der Waals surface area contributed by atoms with Gasteiger partial charge < -0.3 is 5.32 Å². The second-order valence-electron chi connectivity index (χ2n) is 5.71. The maximum absolute atomic E-state index is 4.30. The Morgan fingerprint density at radius 1 is 1.32 bits per heavy atom. The molecule has 0 amide bonds. The summed E-state index contributed by atoms with van der Waals surface area (Å²) < 4.78 is 1.88. The van der Waals surface area contributed by atoms with Crippen LogP contribution in [-0.2, 0) is 0 Å². The van der Waals surface area contributed by atoms with E-state index in [4.69, 9.17) is 0 Å². The van der Waals surface area contributed by atoms with E-state index in [2.05, 4.69) is 53.3 Å².